The van der Waals surface area contributed by atoms with Crippen molar-refractivity contribution >= 4 is 11.6 Å². The van der Waals surface area contributed by atoms with Crippen LogP contribution < -0.4 is 11.1 Å². The Morgan fingerprint density at radius 1 is 1.43 bits per heavy atom. The van der Waals surface area contributed by atoms with Crippen molar-refractivity contribution in [3.8, 4) is 0 Å². The lowest BCUT2D eigenvalue weighted by atomic mass is 10.1. The summed E-state index contributed by atoms with van der Waals surface area (Å²) in [6.45, 7) is 5.65. The predicted molar refractivity (Wildman–Crippen MR) is 86.8 cm³/mol. The summed E-state index contributed by atoms with van der Waals surface area (Å²) in [6.07, 6.45) is 4.49. The van der Waals surface area contributed by atoms with Crippen LogP contribution in [0.5, 0.6) is 0 Å². The molecule has 4 heteroatoms. The maximum absolute atomic E-state index is 12.3. The number of carbonyl (C=O) groups excluding carboxylic acids is 1. The molecule has 0 aromatic heterocycles. The first-order valence-corrected chi connectivity index (χ1v) is 8.00. The zero-order chi connectivity index (χ0) is 15.2. The van der Waals surface area contributed by atoms with Gasteiger partial charge < -0.3 is 11.1 Å². The van der Waals surface area contributed by atoms with E-state index in [1.54, 1.807) is 0 Å². The highest BCUT2D eigenvalue weighted by molar-refractivity contribution is 5.81. The minimum atomic E-state index is -0.103. The van der Waals surface area contributed by atoms with Crippen molar-refractivity contribution in [2.45, 2.75) is 58.2 Å². The smallest absolute Gasteiger partial charge is 0.237 e. The highest BCUT2D eigenvalue weighted by Crippen LogP contribution is 2.31. The Balaban J connectivity index is 1.98. The van der Waals surface area contributed by atoms with Crippen LogP contribution in [0, 0.1) is 0 Å². The number of amides is 1. The number of nitrogen functional groups attached to an aromatic ring is 1. The van der Waals surface area contributed by atoms with Crippen molar-refractivity contribution in [1.82, 2.24) is 10.2 Å². The van der Waals surface area contributed by atoms with Crippen molar-refractivity contribution in [1.29, 1.82) is 0 Å². The summed E-state index contributed by atoms with van der Waals surface area (Å²) in [5.74, 6) is 0.129. The maximum atomic E-state index is 12.3. The first kappa shape index (κ1) is 15.8. The van der Waals surface area contributed by atoms with E-state index in [2.05, 4.69) is 17.1 Å². The van der Waals surface area contributed by atoms with E-state index in [4.69, 9.17) is 5.73 Å². The summed E-state index contributed by atoms with van der Waals surface area (Å²) < 4.78 is 0. The van der Waals surface area contributed by atoms with Crippen LogP contribution in [0.4, 0.5) is 5.69 Å². The molecule has 0 saturated heterocycles. The lowest BCUT2D eigenvalue weighted by Crippen LogP contribution is -2.46. The average Bonchev–Trinajstić information content (AvgIpc) is 3.30. The number of benzene rings is 1. The van der Waals surface area contributed by atoms with Crippen molar-refractivity contribution in [3.63, 3.8) is 0 Å². The molecule has 1 aromatic carbocycles. The lowest BCUT2D eigenvalue weighted by Gasteiger charge is -2.28. The van der Waals surface area contributed by atoms with Crippen LogP contribution in [0.1, 0.15) is 45.1 Å². The van der Waals surface area contributed by atoms with Crippen molar-refractivity contribution < 1.29 is 4.79 Å². The van der Waals surface area contributed by atoms with E-state index in [9.17, 15) is 4.79 Å². The van der Waals surface area contributed by atoms with Crippen molar-refractivity contribution in [2.24, 2.45) is 0 Å². The van der Waals surface area contributed by atoms with Gasteiger partial charge in [-0.25, -0.2) is 0 Å². The van der Waals surface area contributed by atoms with E-state index < -0.39 is 0 Å². The number of hydrogen-bond donors (Lipinski definition) is 2. The van der Waals surface area contributed by atoms with Gasteiger partial charge in [-0.3, -0.25) is 9.69 Å². The molecular weight excluding hydrogens is 262 g/mol. The molecule has 2 rings (SSSR count). The van der Waals surface area contributed by atoms with Gasteiger partial charge in [0.1, 0.15) is 0 Å². The summed E-state index contributed by atoms with van der Waals surface area (Å²) in [6, 6.07) is 8.34. The number of rotatable bonds is 8. The van der Waals surface area contributed by atoms with Gasteiger partial charge in [0.15, 0.2) is 0 Å². The summed E-state index contributed by atoms with van der Waals surface area (Å²) in [7, 11) is 0. The molecular formula is C17H27N3O. The molecule has 116 valence electrons. The minimum absolute atomic E-state index is 0.103. The van der Waals surface area contributed by atoms with Gasteiger partial charge in [-0.15, -0.1) is 0 Å². The van der Waals surface area contributed by atoms with E-state index in [1.807, 2.05) is 31.2 Å². The maximum Gasteiger partial charge on any atom is 0.237 e. The molecule has 1 amide bonds. The van der Waals surface area contributed by atoms with Crippen LogP contribution in [0.15, 0.2) is 24.3 Å². The van der Waals surface area contributed by atoms with Crippen LogP contribution in [-0.4, -0.2) is 29.4 Å². The first-order chi connectivity index (χ1) is 10.1. The molecule has 4 nitrogen and oxygen atoms in total. The second-order valence-electron chi connectivity index (χ2n) is 5.92. The van der Waals surface area contributed by atoms with Crippen LogP contribution >= 0.6 is 0 Å². The Bertz CT molecular complexity index is 471. The third-order valence-corrected chi connectivity index (χ3v) is 4.13. The standard InChI is InChI=1S/C17H27N3O/c1-3-4-11-19-17(21)13(2)20(15-9-10-15)12-14-7-5-6-8-16(14)18/h5-8,13,15H,3-4,9-12,18H2,1-2H3,(H,19,21). The number of anilines is 1. The van der Waals surface area contributed by atoms with E-state index in [1.165, 1.54) is 12.8 Å². The van der Waals surface area contributed by atoms with Crippen LogP contribution in [0.3, 0.4) is 0 Å². The number of nitrogens with zero attached hydrogens (tertiary/aromatic N) is 1. The van der Waals surface area contributed by atoms with E-state index in [0.29, 0.717) is 6.04 Å². The molecule has 0 heterocycles. The summed E-state index contributed by atoms with van der Waals surface area (Å²) >= 11 is 0. The van der Waals surface area contributed by atoms with Gasteiger partial charge >= 0.3 is 0 Å². The van der Waals surface area contributed by atoms with E-state index >= 15 is 0 Å². The zero-order valence-corrected chi connectivity index (χ0v) is 13.1. The molecule has 1 saturated carbocycles. The van der Waals surface area contributed by atoms with E-state index in [-0.39, 0.29) is 11.9 Å². The van der Waals surface area contributed by atoms with Gasteiger partial charge in [0.2, 0.25) is 5.91 Å². The molecule has 3 N–H and O–H groups in total. The molecule has 1 unspecified atom stereocenters. The predicted octanol–water partition coefficient (Wildman–Crippen LogP) is 2.54. The molecule has 1 aromatic rings. The molecule has 1 atom stereocenters. The molecule has 0 radical (unpaired) electrons. The Hall–Kier alpha value is -1.55. The lowest BCUT2D eigenvalue weighted by molar-refractivity contribution is -0.126. The third kappa shape index (κ3) is 4.46. The molecule has 21 heavy (non-hydrogen) atoms. The van der Waals surface area contributed by atoms with Gasteiger partial charge in [-0.2, -0.15) is 0 Å². The van der Waals surface area contributed by atoms with Gasteiger partial charge in [0.25, 0.3) is 0 Å². The monoisotopic (exact) mass is 289 g/mol. The van der Waals surface area contributed by atoms with Crippen LogP contribution in [0.2, 0.25) is 0 Å². The average molecular weight is 289 g/mol. The number of nitrogens with two attached hydrogens (primary N) is 1. The summed E-state index contributed by atoms with van der Waals surface area (Å²) in [5.41, 5.74) is 7.95. The second kappa shape index (κ2) is 7.46. The fourth-order valence-corrected chi connectivity index (χ4v) is 2.55. The number of hydrogen-bond acceptors (Lipinski definition) is 3. The normalized spacial score (nSPS) is 16.0. The fraction of sp³-hybridized carbons (Fsp3) is 0.588. The Morgan fingerprint density at radius 3 is 2.76 bits per heavy atom. The Morgan fingerprint density at radius 2 is 2.14 bits per heavy atom. The fourth-order valence-electron chi connectivity index (χ4n) is 2.55. The van der Waals surface area contributed by atoms with Crippen molar-refractivity contribution in [2.75, 3.05) is 12.3 Å². The number of para-hydroxylation sites is 1. The molecule has 1 fully saturated rings. The Labute approximate surface area is 127 Å². The number of nitrogens with one attached hydrogen (secondary N) is 1. The van der Waals surface area contributed by atoms with Gasteiger partial charge in [0.05, 0.1) is 6.04 Å². The highest BCUT2D eigenvalue weighted by atomic mass is 16.2. The molecule has 1 aliphatic rings. The highest BCUT2D eigenvalue weighted by Gasteiger charge is 2.35. The largest absolute Gasteiger partial charge is 0.398 e. The molecule has 0 bridgehead atoms. The number of carbonyl (C=O) groups is 1. The molecule has 1 aliphatic carbocycles. The third-order valence-electron chi connectivity index (χ3n) is 4.13. The molecule has 0 spiro atoms. The molecule has 0 aliphatic heterocycles. The quantitative estimate of drug-likeness (QED) is 0.571. The first-order valence-electron chi connectivity index (χ1n) is 8.00. The van der Waals surface area contributed by atoms with Crippen LogP contribution in [-0.2, 0) is 11.3 Å². The van der Waals surface area contributed by atoms with E-state index in [0.717, 1.165) is 37.2 Å². The van der Waals surface area contributed by atoms with Crippen molar-refractivity contribution in [3.05, 3.63) is 29.8 Å². The van der Waals surface area contributed by atoms with Crippen LogP contribution in [0.25, 0.3) is 0 Å². The number of unbranched alkanes of at least 4 members (excludes halogenated alkanes) is 1. The van der Waals surface area contributed by atoms with Gasteiger partial charge in [0, 0.05) is 24.8 Å². The Kier molecular flexibility index (Phi) is 5.62. The summed E-state index contributed by atoms with van der Waals surface area (Å²) in [4.78, 5) is 14.6. The van der Waals surface area contributed by atoms with Gasteiger partial charge in [-0.05, 0) is 37.8 Å². The second-order valence-corrected chi connectivity index (χ2v) is 5.92. The summed E-state index contributed by atoms with van der Waals surface area (Å²) in [5, 5.41) is 3.04. The topological polar surface area (TPSA) is 58.4 Å². The zero-order valence-electron chi connectivity index (χ0n) is 13.1. The minimum Gasteiger partial charge on any atom is -0.398 e. The van der Waals surface area contributed by atoms with Gasteiger partial charge in [-0.1, -0.05) is 31.5 Å². The SMILES string of the molecule is CCCCNC(=O)C(C)N(Cc1ccccc1N)C1CC1.